The SMILES string of the molecule is CCOc1cc(C)ccc1CNC(=NC)NCC(=O)NC(C)(C)C. The largest absolute Gasteiger partial charge is 0.494 e. The first-order valence-electron chi connectivity index (χ1n) is 8.23. The van der Waals surface area contributed by atoms with Crippen LogP contribution in [0.1, 0.15) is 38.8 Å². The van der Waals surface area contributed by atoms with E-state index in [0.717, 1.165) is 16.9 Å². The third-order valence-electron chi connectivity index (χ3n) is 3.12. The standard InChI is InChI=1S/C18H30N4O2/c1-7-24-15-10-13(2)8-9-14(15)11-20-17(19-6)21-12-16(23)22-18(3,4)5/h8-10H,7,11-12H2,1-6H3,(H,22,23)(H2,19,20,21). The number of hydrogen-bond acceptors (Lipinski definition) is 3. The molecular weight excluding hydrogens is 304 g/mol. The molecule has 6 heteroatoms. The third kappa shape index (κ3) is 7.35. The first-order chi connectivity index (χ1) is 11.2. The highest BCUT2D eigenvalue weighted by Crippen LogP contribution is 2.20. The van der Waals surface area contributed by atoms with Gasteiger partial charge in [-0.1, -0.05) is 12.1 Å². The van der Waals surface area contributed by atoms with Gasteiger partial charge in [0, 0.05) is 24.7 Å². The van der Waals surface area contributed by atoms with Crippen LogP contribution in [-0.4, -0.2) is 37.6 Å². The zero-order valence-corrected chi connectivity index (χ0v) is 15.6. The maximum atomic E-state index is 11.9. The maximum Gasteiger partial charge on any atom is 0.239 e. The third-order valence-corrected chi connectivity index (χ3v) is 3.12. The molecule has 0 aliphatic carbocycles. The van der Waals surface area contributed by atoms with Crippen molar-refractivity contribution in [1.82, 2.24) is 16.0 Å². The first kappa shape index (κ1) is 19.8. The van der Waals surface area contributed by atoms with E-state index in [1.807, 2.05) is 52.8 Å². The fraction of sp³-hybridized carbons (Fsp3) is 0.556. The second kappa shape index (κ2) is 9.15. The van der Waals surface area contributed by atoms with Crippen LogP contribution in [0.3, 0.4) is 0 Å². The molecule has 0 atom stereocenters. The van der Waals surface area contributed by atoms with E-state index in [2.05, 4.69) is 20.9 Å². The number of amides is 1. The molecule has 0 radical (unpaired) electrons. The van der Waals surface area contributed by atoms with Crippen molar-refractivity contribution in [3.05, 3.63) is 29.3 Å². The van der Waals surface area contributed by atoms with Gasteiger partial charge in [0.1, 0.15) is 5.75 Å². The van der Waals surface area contributed by atoms with Gasteiger partial charge >= 0.3 is 0 Å². The monoisotopic (exact) mass is 334 g/mol. The fourth-order valence-corrected chi connectivity index (χ4v) is 2.12. The molecule has 1 aromatic carbocycles. The van der Waals surface area contributed by atoms with E-state index < -0.39 is 0 Å². The number of benzene rings is 1. The molecule has 0 bridgehead atoms. The molecule has 24 heavy (non-hydrogen) atoms. The molecule has 1 aromatic rings. The summed E-state index contributed by atoms with van der Waals surface area (Å²) in [6.45, 7) is 11.2. The highest BCUT2D eigenvalue weighted by molar-refractivity contribution is 5.86. The quantitative estimate of drug-likeness (QED) is 0.549. The van der Waals surface area contributed by atoms with E-state index >= 15 is 0 Å². The number of hydrogen-bond donors (Lipinski definition) is 3. The van der Waals surface area contributed by atoms with Gasteiger partial charge in [-0.3, -0.25) is 9.79 Å². The molecule has 0 unspecified atom stereocenters. The molecule has 0 spiro atoms. The molecular formula is C18H30N4O2. The number of aryl methyl sites for hydroxylation is 1. The number of rotatable bonds is 6. The lowest BCUT2D eigenvalue weighted by molar-refractivity contribution is -0.121. The van der Waals surface area contributed by atoms with Gasteiger partial charge in [0.15, 0.2) is 5.96 Å². The van der Waals surface area contributed by atoms with Crippen molar-refractivity contribution in [1.29, 1.82) is 0 Å². The van der Waals surface area contributed by atoms with Crippen molar-refractivity contribution < 1.29 is 9.53 Å². The van der Waals surface area contributed by atoms with Crippen LogP contribution >= 0.6 is 0 Å². The van der Waals surface area contributed by atoms with Crippen molar-refractivity contribution >= 4 is 11.9 Å². The van der Waals surface area contributed by atoms with E-state index in [-0.39, 0.29) is 18.0 Å². The van der Waals surface area contributed by atoms with Crippen LogP contribution in [0.5, 0.6) is 5.75 Å². The van der Waals surface area contributed by atoms with E-state index in [1.54, 1.807) is 7.05 Å². The zero-order valence-electron chi connectivity index (χ0n) is 15.6. The molecule has 0 aromatic heterocycles. The van der Waals surface area contributed by atoms with Gasteiger partial charge in [-0.05, 0) is 46.2 Å². The van der Waals surface area contributed by atoms with E-state index in [0.29, 0.717) is 19.1 Å². The van der Waals surface area contributed by atoms with Gasteiger partial charge in [-0.2, -0.15) is 0 Å². The summed E-state index contributed by atoms with van der Waals surface area (Å²) in [6.07, 6.45) is 0. The molecule has 0 aliphatic heterocycles. The second-order valence-electron chi connectivity index (χ2n) is 6.62. The summed E-state index contributed by atoms with van der Waals surface area (Å²) in [5.41, 5.74) is 1.96. The number of guanidine groups is 1. The number of carbonyl (C=O) groups excluding carboxylic acids is 1. The van der Waals surface area contributed by atoms with Crippen LogP contribution in [0, 0.1) is 6.92 Å². The van der Waals surface area contributed by atoms with Gasteiger partial charge < -0.3 is 20.7 Å². The van der Waals surface area contributed by atoms with Crippen LogP contribution in [0.2, 0.25) is 0 Å². The minimum absolute atomic E-state index is 0.0733. The molecule has 0 saturated heterocycles. The average Bonchev–Trinajstić information content (AvgIpc) is 2.47. The highest BCUT2D eigenvalue weighted by Gasteiger charge is 2.13. The lowest BCUT2D eigenvalue weighted by atomic mass is 10.1. The number of nitrogens with zero attached hydrogens (tertiary/aromatic N) is 1. The van der Waals surface area contributed by atoms with Gasteiger partial charge in [0.2, 0.25) is 5.91 Å². The molecule has 6 nitrogen and oxygen atoms in total. The van der Waals surface area contributed by atoms with Crippen molar-refractivity contribution in [2.45, 2.75) is 46.7 Å². The van der Waals surface area contributed by atoms with Crippen molar-refractivity contribution in [2.24, 2.45) is 4.99 Å². The minimum atomic E-state index is -0.246. The fourth-order valence-electron chi connectivity index (χ4n) is 2.12. The van der Waals surface area contributed by atoms with Gasteiger partial charge in [0.05, 0.1) is 13.2 Å². The number of nitrogens with one attached hydrogen (secondary N) is 3. The molecule has 3 N–H and O–H groups in total. The Hall–Kier alpha value is -2.24. The van der Waals surface area contributed by atoms with E-state index in [1.165, 1.54) is 0 Å². The Morgan fingerprint density at radius 2 is 1.96 bits per heavy atom. The van der Waals surface area contributed by atoms with Gasteiger partial charge in [-0.15, -0.1) is 0 Å². The van der Waals surface area contributed by atoms with Crippen LogP contribution in [0.4, 0.5) is 0 Å². The van der Waals surface area contributed by atoms with Gasteiger partial charge in [0.25, 0.3) is 0 Å². The summed E-state index contributed by atoms with van der Waals surface area (Å²) in [6, 6.07) is 6.10. The lowest BCUT2D eigenvalue weighted by Crippen LogP contribution is -2.48. The zero-order chi connectivity index (χ0) is 18.2. The smallest absolute Gasteiger partial charge is 0.239 e. The minimum Gasteiger partial charge on any atom is -0.494 e. The Morgan fingerprint density at radius 3 is 2.54 bits per heavy atom. The summed E-state index contributed by atoms with van der Waals surface area (Å²) in [7, 11) is 1.68. The number of carbonyl (C=O) groups is 1. The van der Waals surface area contributed by atoms with Crippen LogP contribution in [-0.2, 0) is 11.3 Å². The average molecular weight is 334 g/mol. The van der Waals surface area contributed by atoms with Crippen LogP contribution in [0.15, 0.2) is 23.2 Å². The van der Waals surface area contributed by atoms with Crippen molar-refractivity contribution in [3.63, 3.8) is 0 Å². The summed E-state index contributed by atoms with van der Waals surface area (Å²) in [5.74, 6) is 1.36. The predicted octanol–water partition coefficient (Wildman–Crippen LogP) is 1.97. The normalized spacial score (nSPS) is 11.8. The molecule has 0 aliphatic rings. The number of ether oxygens (including phenoxy) is 1. The summed E-state index contributed by atoms with van der Waals surface area (Å²) in [4.78, 5) is 16.0. The van der Waals surface area contributed by atoms with E-state index in [4.69, 9.17) is 4.74 Å². The Balaban J connectivity index is 2.57. The molecule has 0 heterocycles. The molecule has 0 saturated carbocycles. The van der Waals surface area contributed by atoms with Crippen LogP contribution < -0.4 is 20.7 Å². The molecule has 1 amide bonds. The molecule has 0 fully saturated rings. The highest BCUT2D eigenvalue weighted by atomic mass is 16.5. The molecule has 1 rings (SSSR count). The summed E-state index contributed by atoms with van der Waals surface area (Å²) >= 11 is 0. The Labute approximate surface area is 145 Å². The Morgan fingerprint density at radius 1 is 1.25 bits per heavy atom. The second-order valence-corrected chi connectivity index (χ2v) is 6.62. The van der Waals surface area contributed by atoms with Crippen LogP contribution in [0.25, 0.3) is 0 Å². The Kier molecular flexibility index (Phi) is 7.55. The van der Waals surface area contributed by atoms with Crippen molar-refractivity contribution in [3.8, 4) is 5.75 Å². The summed E-state index contributed by atoms with van der Waals surface area (Å²) in [5, 5.41) is 9.11. The predicted molar refractivity (Wildman–Crippen MR) is 98.4 cm³/mol. The topological polar surface area (TPSA) is 74.8 Å². The van der Waals surface area contributed by atoms with E-state index in [9.17, 15) is 4.79 Å². The summed E-state index contributed by atoms with van der Waals surface area (Å²) < 4.78 is 5.67. The molecule has 134 valence electrons. The Bertz CT molecular complexity index is 577. The number of aliphatic imine (C=N–C) groups is 1. The van der Waals surface area contributed by atoms with Gasteiger partial charge in [-0.25, -0.2) is 0 Å². The lowest BCUT2D eigenvalue weighted by Gasteiger charge is -2.21. The first-order valence-corrected chi connectivity index (χ1v) is 8.23. The van der Waals surface area contributed by atoms with Crippen molar-refractivity contribution in [2.75, 3.05) is 20.2 Å². The maximum absolute atomic E-state index is 11.9.